The zero-order chi connectivity index (χ0) is 13.4. The summed E-state index contributed by atoms with van der Waals surface area (Å²) in [6, 6.07) is 8.31. The highest BCUT2D eigenvalue weighted by Gasteiger charge is 2.05. The van der Waals surface area contributed by atoms with Gasteiger partial charge >= 0.3 is 0 Å². The Hall–Kier alpha value is -1.41. The molecule has 0 saturated heterocycles. The Morgan fingerprint density at radius 2 is 1.78 bits per heavy atom. The second-order valence-electron chi connectivity index (χ2n) is 4.53. The first kappa shape index (κ1) is 14.7. The summed E-state index contributed by atoms with van der Waals surface area (Å²) in [4.78, 5) is 11.6. The van der Waals surface area contributed by atoms with E-state index >= 15 is 0 Å². The predicted octanol–water partition coefficient (Wildman–Crippen LogP) is 3.69. The lowest BCUT2D eigenvalue weighted by atomic mass is 10.00. The van der Waals surface area contributed by atoms with Gasteiger partial charge in [0.1, 0.15) is 0 Å². The van der Waals surface area contributed by atoms with Gasteiger partial charge in [-0.15, -0.1) is 0 Å². The second-order valence-corrected chi connectivity index (χ2v) is 4.53. The van der Waals surface area contributed by atoms with Crippen LogP contribution in [0.25, 0.3) is 0 Å². The molecule has 0 aliphatic carbocycles. The fourth-order valence-corrected chi connectivity index (χ4v) is 1.81. The molecule has 0 aromatic heterocycles. The Morgan fingerprint density at radius 1 is 1.17 bits per heavy atom. The zero-order valence-electron chi connectivity index (χ0n) is 11.4. The summed E-state index contributed by atoms with van der Waals surface area (Å²) in [6.45, 7) is 6.52. The monoisotopic (exact) mass is 246 g/mol. The molecule has 98 valence electrons. The van der Waals surface area contributed by atoms with E-state index < -0.39 is 0 Å². The summed E-state index contributed by atoms with van der Waals surface area (Å²) in [5.41, 5.74) is 3.15. The summed E-state index contributed by atoms with van der Waals surface area (Å²) < 4.78 is 5.07. The van der Waals surface area contributed by atoms with Gasteiger partial charge in [0.25, 0.3) is 0 Å². The number of rotatable bonds is 8. The highest BCUT2D eigenvalue weighted by molar-refractivity contribution is 5.94. The van der Waals surface area contributed by atoms with Gasteiger partial charge in [0.2, 0.25) is 0 Å². The molecule has 1 aromatic carbocycles. The van der Waals surface area contributed by atoms with Crippen LogP contribution in [-0.2, 0) is 22.6 Å². The summed E-state index contributed by atoms with van der Waals surface area (Å²) in [7, 11) is 1.69. The van der Waals surface area contributed by atoms with E-state index in [1.807, 2.05) is 6.92 Å². The van der Waals surface area contributed by atoms with Gasteiger partial charge in [-0.05, 0) is 36.0 Å². The third-order valence-electron chi connectivity index (χ3n) is 2.92. The van der Waals surface area contributed by atoms with Gasteiger partial charge in [-0.2, -0.15) is 0 Å². The number of aryl methyl sites for hydroxylation is 1. The number of methoxy groups -OCH3 is 1. The van der Waals surface area contributed by atoms with Gasteiger partial charge < -0.3 is 4.74 Å². The number of allylic oxidation sites excluding steroid dienone is 1. The van der Waals surface area contributed by atoms with E-state index in [9.17, 15) is 4.79 Å². The minimum Gasteiger partial charge on any atom is -0.380 e. The third-order valence-corrected chi connectivity index (χ3v) is 2.92. The molecule has 0 aliphatic rings. The van der Waals surface area contributed by atoms with Crippen LogP contribution in [0.2, 0.25) is 0 Å². The van der Waals surface area contributed by atoms with Gasteiger partial charge in [0.15, 0.2) is 5.78 Å². The number of ketones is 1. The molecule has 0 amide bonds. The fourth-order valence-electron chi connectivity index (χ4n) is 1.81. The van der Waals surface area contributed by atoms with Crippen LogP contribution in [0.5, 0.6) is 0 Å². The standard InChI is InChI=1S/C16H22O2/c1-4-5-16(17)13(2)6-7-14-8-10-15(11-9-14)12-18-3/h8-11H,2,4-7,12H2,1,3H3. The molecule has 0 unspecified atom stereocenters. The van der Waals surface area contributed by atoms with Crippen molar-refractivity contribution in [2.45, 2.75) is 39.2 Å². The molecule has 1 aromatic rings. The second kappa shape index (κ2) is 7.83. The van der Waals surface area contributed by atoms with E-state index in [1.165, 1.54) is 11.1 Å². The molecule has 2 nitrogen and oxygen atoms in total. The van der Waals surface area contributed by atoms with E-state index in [1.54, 1.807) is 7.11 Å². The Morgan fingerprint density at radius 3 is 2.33 bits per heavy atom. The van der Waals surface area contributed by atoms with Gasteiger partial charge in [0, 0.05) is 13.5 Å². The molecule has 0 heterocycles. The molecule has 2 heteroatoms. The highest BCUT2D eigenvalue weighted by atomic mass is 16.5. The van der Waals surface area contributed by atoms with Crippen molar-refractivity contribution in [3.8, 4) is 0 Å². The van der Waals surface area contributed by atoms with Gasteiger partial charge in [-0.25, -0.2) is 0 Å². The fraction of sp³-hybridized carbons (Fsp3) is 0.438. The van der Waals surface area contributed by atoms with E-state index in [-0.39, 0.29) is 5.78 Å². The van der Waals surface area contributed by atoms with Crippen LogP contribution in [-0.4, -0.2) is 12.9 Å². The Labute approximate surface area is 110 Å². The van der Waals surface area contributed by atoms with Crippen LogP contribution < -0.4 is 0 Å². The first-order valence-corrected chi connectivity index (χ1v) is 6.45. The summed E-state index contributed by atoms with van der Waals surface area (Å²) in [5.74, 6) is 0.202. The zero-order valence-corrected chi connectivity index (χ0v) is 11.4. The first-order chi connectivity index (χ1) is 8.67. The van der Waals surface area contributed by atoms with Crippen molar-refractivity contribution >= 4 is 5.78 Å². The average molecular weight is 246 g/mol. The van der Waals surface area contributed by atoms with Gasteiger partial charge in [-0.3, -0.25) is 4.79 Å². The van der Waals surface area contributed by atoms with Crippen LogP contribution >= 0.6 is 0 Å². The maximum Gasteiger partial charge on any atom is 0.158 e. The Bertz CT molecular complexity index is 390. The molecule has 0 radical (unpaired) electrons. The lowest BCUT2D eigenvalue weighted by Gasteiger charge is -2.05. The normalized spacial score (nSPS) is 10.3. The number of hydrogen-bond donors (Lipinski definition) is 0. The van der Waals surface area contributed by atoms with Crippen molar-refractivity contribution < 1.29 is 9.53 Å². The summed E-state index contributed by atoms with van der Waals surface area (Å²) in [5, 5.41) is 0. The predicted molar refractivity (Wildman–Crippen MR) is 74.5 cm³/mol. The van der Waals surface area contributed by atoms with Crippen molar-refractivity contribution in [2.75, 3.05) is 7.11 Å². The van der Waals surface area contributed by atoms with E-state index in [0.717, 1.165) is 24.8 Å². The smallest absolute Gasteiger partial charge is 0.158 e. The van der Waals surface area contributed by atoms with Crippen LogP contribution in [0.1, 0.15) is 37.3 Å². The van der Waals surface area contributed by atoms with E-state index in [4.69, 9.17) is 4.74 Å². The van der Waals surface area contributed by atoms with Crippen molar-refractivity contribution in [2.24, 2.45) is 0 Å². The van der Waals surface area contributed by atoms with Gasteiger partial charge in [-0.1, -0.05) is 37.8 Å². The summed E-state index contributed by atoms with van der Waals surface area (Å²) >= 11 is 0. The number of hydrogen-bond acceptors (Lipinski definition) is 2. The number of ether oxygens (including phenoxy) is 1. The third kappa shape index (κ3) is 4.84. The molecule has 0 N–H and O–H groups in total. The van der Waals surface area contributed by atoms with E-state index in [0.29, 0.717) is 13.0 Å². The van der Waals surface area contributed by atoms with Crippen LogP contribution in [0.4, 0.5) is 0 Å². The molecule has 0 atom stereocenters. The van der Waals surface area contributed by atoms with Gasteiger partial charge in [0.05, 0.1) is 6.61 Å². The maximum absolute atomic E-state index is 11.6. The molecule has 0 spiro atoms. The lowest BCUT2D eigenvalue weighted by molar-refractivity contribution is -0.115. The SMILES string of the molecule is C=C(CCc1ccc(COC)cc1)C(=O)CCC. The molecular weight excluding hydrogens is 224 g/mol. The Balaban J connectivity index is 2.43. The van der Waals surface area contributed by atoms with Crippen LogP contribution in [0.3, 0.4) is 0 Å². The molecule has 0 saturated carbocycles. The summed E-state index contributed by atoms with van der Waals surface area (Å²) in [6.07, 6.45) is 3.14. The molecular formula is C16H22O2. The minimum atomic E-state index is 0.202. The topological polar surface area (TPSA) is 26.3 Å². The highest BCUT2D eigenvalue weighted by Crippen LogP contribution is 2.12. The quantitative estimate of drug-likeness (QED) is 0.654. The minimum absolute atomic E-state index is 0.202. The molecule has 18 heavy (non-hydrogen) atoms. The van der Waals surface area contributed by atoms with Crippen molar-refractivity contribution in [3.05, 3.63) is 47.5 Å². The largest absolute Gasteiger partial charge is 0.380 e. The molecule has 0 aliphatic heterocycles. The maximum atomic E-state index is 11.6. The van der Waals surface area contributed by atoms with Crippen molar-refractivity contribution in [1.29, 1.82) is 0 Å². The number of carbonyl (C=O) groups is 1. The molecule has 0 bridgehead atoms. The van der Waals surface area contributed by atoms with Crippen LogP contribution in [0.15, 0.2) is 36.4 Å². The first-order valence-electron chi connectivity index (χ1n) is 6.45. The van der Waals surface area contributed by atoms with Crippen molar-refractivity contribution in [1.82, 2.24) is 0 Å². The van der Waals surface area contributed by atoms with Crippen LogP contribution in [0, 0.1) is 0 Å². The lowest BCUT2D eigenvalue weighted by Crippen LogP contribution is -2.02. The average Bonchev–Trinajstić information content (AvgIpc) is 2.38. The number of benzene rings is 1. The van der Waals surface area contributed by atoms with E-state index in [2.05, 4.69) is 30.8 Å². The molecule has 0 fully saturated rings. The Kier molecular flexibility index (Phi) is 6.37. The number of Topliss-reactive ketones (excluding diaryl/α,β-unsaturated/α-hetero) is 1. The number of carbonyl (C=O) groups excluding carboxylic acids is 1. The molecule has 1 rings (SSSR count). The van der Waals surface area contributed by atoms with Crippen molar-refractivity contribution in [3.63, 3.8) is 0 Å².